The fraction of sp³-hybridized carbons (Fsp3) is 0.500. The van der Waals surface area contributed by atoms with Gasteiger partial charge in [-0.25, -0.2) is 0 Å². The molecule has 0 aliphatic heterocycles. The van der Waals surface area contributed by atoms with Crippen molar-refractivity contribution in [3.05, 3.63) is 29.3 Å². The van der Waals surface area contributed by atoms with E-state index in [1.165, 1.54) is 11.1 Å². The van der Waals surface area contributed by atoms with Crippen LogP contribution in [0.2, 0.25) is 0 Å². The number of nitrogens with one attached hydrogen (secondary N) is 1. The lowest BCUT2D eigenvalue weighted by atomic mass is 10.1. The largest absolute Gasteiger partial charge is 0.476 e. The number of fused-ring (bicyclic) bond motifs is 1. The summed E-state index contributed by atoms with van der Waals surface area (Å²) in [4.78, 5) is 0. The maximum absolute atomic E-state index is 8.72. The van der Waals surface area contributed by atoms with Crippen LogP contribution in [0.1, 0.15) is 37.4 Å². The molecule has 1 aromatic carbocycles. The molecule has 0 fully saturated rings. The molecular formula is C14H18N2O. The van der Waals surface area contributed by atoms with Crippen LogP contribution in [-0.4, -0.2) is 12.6 Å². The molecular weight excluding hydrogens is 212 g/mol. The third-order valence-electron chi connectivity index (χ3n) is 3.14. The Morgan fingerprint density at radius 1 is 1.59 bits per heavy atom. The molecule has 0 radical (unpaired) electrons. The second-order valence-electron chi connectivity index (χ2n) is 4.40. The number of ether oxygens (including phenoxy) is 1. The lowest BCUT2D eigenvalue weighted by Crippen LogP contribution is -2.18. The molecule has 2 atom stereocenters. The van der Waals surface area contributed by atoms with Crippen LogP contribution in [0.15, 0.2) is 18.2 Å². The average molecular weight is 230 g/mol. The molecule has 1 aliphatic carbocycles. The fourth-order valence-electron chi connectivity index (χ4n) is 2.36. The number of hydrogen-bond donors (Lipinski definition) is 1. The van der Waals surface area contributed by atoms with Crippen LogP contribution >= 0.6 is 0 Å². The molecule has 3 nitrogen and oxygen atoms in total. The minimum Gasteiger partial charge on any atom is -0.476 e. The molecule has 0 heterocycles. The number of nitriles is 1. The molecule has 0 spiro atoms. The molecule has 1 aromatic rings. The highest BCUT2D eigenvalue weighted by molar-refractivity contribution is 5.40. The van der Waals surface area contributed by atoms with Gasteiger partial charge in [-0.3, -0.25) is 0 Å². The van der Waals surface area contributed by atoms with Gasteiger partial charge in [0.25, 0.3) is 0 Å². The number of rotatable bonds is 4. The number of aryl methyl sites for hydroxylation is 1. The van der Waals surface area contributed by atoms with E-state index in [1.807, 2.05) is 6.07 Å². The molecule has 2 rings (SSSR count). The predicted octanol–water partition coefficient (Wildman–Crippen LogP) is 2.57. The molecule has 0 amide bonds. The zero-order chi connectivity index (χ0) is 12.3. The van der Waals surface area contributed by atoms with Crippen LogP contribution in [0.5, 0.6) is 5.75 Å². The van der Waals surface area contributed by atoms with Crippen molar-refractivity contribution in [2.24, 2.45) is 0 Å². The highest BCUT2D eigenvalue weighted by Crippen LogP contribution is 2.33. The van der Waals surface area contributed by atoms with Crippen molar-refractivity contribution in [2.45, 2.75) is 38.8 Å². The van der Waals surface area contributed by atoms with Crippen LogP contribution in [0.3, 0.4) is 0 Å². The minimum absolute atomic E-state index is 0.390. The standard InChI is InChI=1S/C14H18N2O/c1-3-16-14-7-4-11-8-12(5-6-13(11)14)17-10(2)9-15/h5-6,8,10,14,16H,3-4,7H2,1-2H3. The van der Waals surface area contributed by atoms with Gasteiger partial charge in [0.1, 0.15) is 11.8 Å². The lowest BCUT2D eigenvalue weighted by molar-refractivity contribution is 0.276. The second kappa shape index (κ2) is 5.20. The molecule has 17 heavy (non-hydrogen) atoms. The van der Waals surface area contributed by atoms with E-state index in [9.17, 15) is 0 Å². The SMILES string of the molecule is CCNC1CCc2cc(OC(C)C#N)ccc21. The number of benzene rings is 1. The van der Waals surface area contributed by atoms with Crippen LogP contribution in [0.4, 0.5) is 0 Å². The summed E-state index contributed by atoms with van der Waals surface area (Å²) in [5, 5.41) is 12.2. The zero-order valence-electron chi connectivity index (χ0n) is 10.4. The van der Waals surface area contributed by atoms with Gasteiger partial charge < -0.3 is 10.1 Å². The molecule has 2 unspecified atom stereocenters. The molecule has 3 heteroatoms. The van der Waals surface area contributed by atoms with Gasteiger partial charge in [0.2, 0.25) is 0 Å². The molecule has 1 N–H and O–H groups in total. The normalized spacial score (nSPS) is 19.5. The molecule has 0 saturated heterocycles. The molecule has 1 aliphatic rings. The first-order chi connectivity index (χ1) is 8.24. The van der Waals surface area contributed by atoms with Crippen LogP contribution in [0, 0.1) is 11.3 Å². The summed E-state index contributed by atoms with van der Waals surface area (Å²) in [5.41, 5.74) is 2.72. The van der Waals surface area contributed by atoms with Crippen LogP contribution in [0.25, 0.3) is 0 Å². The van der Waals surface area contributed by atoms with E-state index in [4.69, 9.17) is 10.00 Å². The maximum atomic E-state index is 8.72. The average Bonchev–Trinajstić information content (AvgIpc) is 2.72. The van der Waals surface area contributed by atoms with E-state index < -0.39 is 0 Å². The summed E-state index contributed by atoms with van der Waals surface area (Å²) in [7, 11) is 0. The first kappa shape index (κ1) is 11.9. The lowest BCUT2D eigenvalue weighted by Gasteiger charge is -2.13. The van der Waals surface area contributed by atoms with E-state index in [-0.39, 0.29) is 6.10 Å². The van der Waals surface area contributed by atoms with Gasteiger partial charge in [-0.15, -0.1) is 0 Å². The highest BCUT2D eigenvalue weighted by Gasteiger charge is 2.21. The predicted molar refractivity (Wildman–Crippen MR) is 66.9 cm³/mol. The van der Waals surface area contributed by atoms with E-state index in [0.717, 1.165) is 25.1 Å². The van der Waals surface area contributed by atoms with Gasteiger partial charge >= 0.3 is 0 Å². The third-order valence-corrected chi connectivity index (χ3v) is 3.14. The van der Waals surface area contributed by atoms with E-state index in [1.54, 1.807) is 6.92 Å². The Morgan fingerprint density at radius 3 is 3.12 bits per heavy atom. The van der Waals surface area contributed by atoms with Crippen molar-refractivity contribution in [2.75, 3.05) is 6.54 Å². The third kappa shape index (κ3) is 2.59. The first-order valence-corrected chi connectivity index (χ1v) is 6.17. The van der Waals surface area contributed by atoms with Crippen molar-refractivity contribution in [3.8, 4) is 11.8 Å². The maximum Gasteiger partial charge on any atom is 0.181 e. The van der Waals surface area contributed by atoms with Gasteiger partial charge in [0.15, 0.2) is 6.10 Å². The van der Waals surface area contributed by atoms with E-state index in [0.29, 0.717) is 6.04 Å². The minimum atomic E-state index is -0.390. The Hall–Kier alpha value is -1.53. The number of hydrogen-bond acceptors (Lipinski definition) is 3. The Kier molecular flexibility index (Phi) is 3.65. The van der Waals surface area contributed by atoms with Crippen LogP contribution < -0.4 is 10.1 Å². The van der Waals surface area contributed by atoms with Crippen molar-refractivity contribution in [1.82, 2.24) is 5.32 Å². The monoisotopic (exact) mass is 230 g/mol. The van der Waals surface area contributed by atoms with Gasteiger partial charge in [0, 0.05) is 6.04 Å². The Bertz CT molecular complexity index is 436. The Morgan fingerprint density at radius 2 is 2.41 bits per heavy atom. The van der Waals surface area contributed by atoms with Crippen LogP contribution in [-0.2, 0) is 6.42 Å². The van der Waals surface area contributed by atoms with E-state index in [2.05, 4.69) is 30.4 Å². The molecule has 0 aromatic heterocycles. The van der Waals surface area contributed by atoms with Gasteiger partial charge in [-0.2, -0.15) is 5.26 Å². The summed E-state index contributed by atoms with van der Waals surface area (Å²) in [6.07, 6.45) is 1.85. The fourth-order valence-corrected chi connectivity index (χ4v) is 2.36. The van der Waals surface area contributed by atoms with Gasteiger partial charge in [-0.1, -0.05) is 13.0 Å². The van der Waals surface area contributed by atoms with Gasteiger partial charge in [-0.05, 0) is 49.6 Å². The Balaban J connectivity index is 2.14. The summed E-state index contributed by atoms with van der Waals surface area (Å²) in [6.45, 7) is 4.88. The quantitative estimate of drug-likeness (QED) is 0.864. The Labute approximate surface area is 102 Å². The van der Waals surface area contributed by atoms with Crippen molar-refractivity contribution in [1.29, 1.82) is 5.26 Å². The summed E-state index contributed by atoms with van der Waals surface area (Å²) in [6, 6.07) is 8.71. The topological polar surface area (TPSA) is 45.0 Å². The van der Waals surface area contributed by atoms with Gasteiger partial charge in [0.05, 0.1) is 0 Å². The number of nitrogens with zero attached hydrogens (tertiary/aromatic N) is 1. The summed E-state index contributed by atoms with van der Waals surface area (Å²) >= 11 is 0. The van der Waals surface area contributed by atoms with Crippen molar-refractivity contribution in [3.63, 3.8) is 0 Å². The molecule has 90 valence electrons. The summed E-state index contributed by atoms with van der Waals surface area (Å²) in [5.74, 6) is 0.801. The van der Waals surface area contributed by atoms with Crippen molar-refractivity contribution < 1.29 is 4.74 Å². The van der Waals surface area contributed by atoms with E-state index >= 15 is 0 Å². The van der Waals surface area contributed by atoms with Crippen molar-refractivity contribution >= 4 is 0 Å². The summed E-state index contributed by atoms with van der Waals surface area (Å²) < 4.78 is 5.50. The molecule has 0 saturated carbocycles. The highest BCUT2D eigenvalue weighted by atomic mass is 16.5. The molecule has 0 bridgehead atoms. The first-order valence-electron chi connectivity index (χ1n) is 6.17. The second-order valence-corrected chi connectivity index (χ2v) is 4.40. The zero-order valence-corrected chi connectivity index (χ0v) is 10.4. The smallest absolute Gasteiger partial charge is 0.181 e.